The van der Waals surface area contributed by atoms with E-state index in [0.29, 0.717) is 12.8 Å². The van der Waals surface area contributed by atoms with Crippen molar-refractivity contribution in [3.8, 4) is 0 Å². The summed E-state index contributed by atoms with van der Waals surface area (Å²) in [6.07, 6.45) is 0.214. The zero-order chi connectivity index (χ0) is 19.8. The van der Waals surface area contributed by atoms with Crippen LogP contribution in [0.3, 0.4) is 0 Å². The van der Waals surface area contributed by atoms with Crippen molar-refractivity contribution < 1.29 is 23.8 Å². The van der Waals surface area contributed by atoms with Gasteiger partial charge in [0.05, 0.1) is 17.6 Å². The van der Waals surface area contributed by atoms with E-state index < -0.39 is 12.0 Å². The molecule has 0 aliphatic carbocycles. The number of methoxy groups -OCH3 is 1. The second-order valence-electron chi connectivity index (χ2n) is 9.23. The van der Waals surface area contributed by atoms with Gasteiger partial charge in [0.2, 0.25) is 12.3 Å². The first-order chi connectivity index (χ1) is 12.0. The van der Waals surface area contributed by atoms with Crippen molar-refractivity contribution >= 4 is 11.9 Å². The summed E-state index contributed by atoms with van der Waals surface area (Å²) in [5, 5.41) is 0. The van der Waals surface area contributed by atoms with Gasteiger partial charge in [-0.15, -0.1) is 0 Å². The summed E-state index contributed by atoms with van der Waals surface area (Å²) in [5.74, 6) is 0.0713. The van der Waals surface area contributed by atoms with Crippen molar-refractivity contribution in [2.24, 2.45) is 23.7 Å². The van der Waals surface area contributed by atoms with Crippen LogP contribution < -0.4 is 0 Å². The molecule has 6 nitrogen and oxygen atoms in total. The molecular formula is C20H35NO5. The molecule has 5 atom stereocenters. The molecule has 0 aromatic rings. The summed E-state index contributed by atoms with van der Waals surface area (Å²) in [7, 11) is 1.54. The number of rotatable bonds is 6. The number of cyclic esters (lactones) is 1. The lowest BCUT2D eigenvalue weighted by atomic mass is 9.88. The van der Waals surface area contributed by atoms with Gasteiger partial charge >= 0.3 is 5.97 Å². The van der Waals surface area contributed by atoms with Gasteiger partial charge in [0.1, 0.15) is 6.10 Å². The number of likely N-dealkylation sites (tertiary alicyclic amines) is 1. The maximum Gasteiger partial charge on any atom is 0.309 e. The van der Waals surface area contributed by atoms with Crippen LogP contribution >= 0.6 is 0 Å². The third-order valence-corrected chi connectivity index (χ3v) is 5.40. The highest BCUT2D eigenvalue weighted by atomic mass is 16.7. The predicted molar refractivity (Wildman–Crippen MR) is 98.0 cm³/mol. The van der Waals surface area contributed by atoms with Crippen LogP contribution in [0.15, 0.2) is 0 Å². The molecule has 0 saturated carbocycles. The van der Waals surface area contributed by atoms with Crippen LogP contribution in [0, 0.1) is 23.7 Å². The number of hydrogen-bond acceptors (Lipinski definition) is 5. The fourth-order valence-corrected chi connectivity index (χ4v) is 3.91. The van der Waals surface area contributed by atoms with Crippen molar-refractivity contribution in [3.05, 3.63) is 0 Å². The highest BCUT2D eigenvalue weighted by Gasteiger charge is 2.52. The molecule has 6 heteroatoms. The summed E-state index contributed by atoms with van der Waals surface area (Å²) in [4.78, 5) is 27.1. The highest BCUT2D eigenvalue weighted by Crippen LogP contribution is 2.40. The van der Waals surface area contributed by atoms with Gasteiger partial charge in [0.15, 0.2) is 0 Å². The maximum absolute atomic E-state index is 13.1. The molecule has 2 saturated heterocycles. The van der Waals surface area contributed by atoms with Crippen LogP contribution in [-0.4, -0.2) is 48.0 Å². The lowest BCUT2D eigenvalue weighted by molar-refractivity contribution is -0.256. The second-order valence-corrected chi connectivity index (χ2v) is 9.23. The molecule has 0 radical (unpaired) electrons. The van der Waals surface area contributed by atoms with Gasteiger partial charge in [-0.1, -0.05) is 27.7 Å². The van der Waals surface area contributed by atoms with Crippen LogP contribution in [0.1, 0.15) is 61.3 Å². The maximum atomic E-state index is 13.1. The average molecular weight is 370 g/mol. The van der Waals surface area contributed by atoms with E-state index in [9.17, 15) is 9.59 Å². The number of ether oxygens (including phenoxy) is 3. The van der Waals surface area contributed by atoms with Crippen LogP contribution in [0.25, 0.3) is 0 Å². The molecule has 2 aliphatic rings. The molecule has 26 heavy (non-hydrogen) atoms. The zero-order valence-electron chi connectivity index (χ0n) is 17.4. The Balaban J connectivity index is 2.29. The fraction of sp³-hybridized carbons (Fsp3) is 0.900. The van der Waals surface area contributed by atoms with E-state index in [1.807, 2.05) is 48.5 Å². The Morgan fingerprint density at radius 1 is 1.04 bits per heavy atom. The summed E-state index contributed by atoms with van der Waals surface area (Å²) in [5.41, 5.74) is -0.464. The van der Waals surface area contributed by atoms with Crippen molar-refractivity contribution in [2.45, 2.75) is 85.5 Å². The first kappa shape index (κ1) is 21.2. The Hall–Kier alpha value is -1.14. The van der Waals surface area contributed by atoms with Crippen LogP contribution in [0.2, 0.25) is 0 Å². The Morgan fingerprint density at radius 3 is 2.04 bits per heavy atom. The highest BCUT2D eigenvalue weighted by molar-refractivity contribution is 5.82. The van der Waals surface area contributed by atoms with Gasteiger partial charge in [-0.05, 0) is 45.4 Å². The van der Waals surface area contributed by atoms with E-state index in [2.05, 4.69) is 0 Å². The second kappa shape index (κ2) is 7.85. The van der Waals surface area contributed by atoms with Crippen molar-refractivity contribution in [2.75, 3.05) is 7.11 Å². The molecule has 0 aromatic heterocycles. The van der Waals surface area contributed by atoms with Crippen molar-refractivity contribution in [1.82, 2.24) is 4.90 Å². The van der Waals surface area contributed by atoms with E-state index in [1.54, 1.807) is 12.0 Å². The standard InChI is InChI=1S/C20H35NO5/c1-11(2)13-9-15(16-10-14(12(3)4)18(23)25-16)21(17(13)22)19(24-8)26-20(5,6)7/h11-16,19H,9-10H2,1-8H3/t13-,14-,15-,16-,19?/m0/s1. The molecule has 0 N–H and O–H groups in total. The molecule has 2 aliphatic heterocycles. The molecule has 1 unspecified atom stereocenters. The van der Waals surface area contributed by atoms with Crippen molar-refractivity contribution in [1.29, 1.82) is 0 Å². The first-order valence-corrected chi connectivity index (χ1v) is 9.69. The van der Waals surface area contributed by atoms with Gasteiger partial charge in [0, 0.05) is 13.0 Å². The molecule has 2 fully saturated rings. The van der Waals surface area contributed by atoms with Gasteiger partial charge in [-0.2, -0.15) is 0 Å². The monoisotopic (exact) mass is 369 g/mol. The zero-order valence-corrected chi connectivity index (χ0v) is 17.4. The summed E-state index contributed by atoms with van der Waals surface area (Å²) in [6.45, 7) is 13.9. The molecule has 0 aromatic carbocycles. The number of carbonyl (C=O) groups is 2. The smallest absolute Gasteiger partial charge is 0.309 e. The number of carbonyl (C=O) groups excluding carboxylic acids is 2. The van der Waals surface area contributed by atoms with E-state index in [1.165, 1.54) is 0 Å². The molecule has 1 amide bonds. The number of hydrogen-bond donors (Lipinski definition) is 0. The first-order valence-electron chi connectivity index (χ1n) is 9.69. The molecule has 150 valence electrons. The van der Waals surface area contributed by atoms with Gasteiger partial charge in [0.25, 0.3) is 0 Å². The van der Waals surface area contributed by atoms with Gasteiger partial charge in [-0.25, -0.2) is 0 Å². The number of nitrogens with zero attached hydrogens (tertiary/aromatic N) is 1. The average Bonchev–Trinajstić information content (AvgIpc) is 3.04. The Kier molecular flexibility index (Phi) is 6.39. The van der Waals surface area contributed by atoms with E-state index in [0.717, 1.165) is 0 Å². The summed E-state index contributed by atoms with van der Waals surface area (Å²) in [6, 6.07) is -0.213. The van der Waals surface area contributed by atoms with Crippen LogP contribution in [-0.2, 0) is 23.8 Å². The van der Waals surface area contributed by atoms with Crippen molar-refractivity contribution in [3.63, 3.8) is 0 Å². The molecule has 0 bridgehead atoms. The molecule has 2 rings (SSSR count). The minimum absolute atomic E-state index is 0.0187. The Labute approximate surface area is 157 Å². The SMILES string of the molecule is COC(OC(C)(C)C)N1C(=O)[C@H](C(C)C)C[C@H]1[C@@H]1C[C@@H](C(C)C)C(=O)O1. The minimum Gasteiger partial charge on any atom is -0.460 e. The number of esters is 1. The van der Waals surface area contributed by atoms with Gasteiger partial charge < -0.3 is 14.2 Å². The quantitative estimate of drug-likeness (QED) is 0.531. The fourth-order valence-electron chi connectivity index (χ4n) is 3.91. The Bertz CT molecular complexity index is 525. The Morgan fingerprint density at radius 2 is 1.62 bits per heavy atom. The van der Waals surface area contributed by atoms with E-state index in [-0.39, 0.29) is 47.7 Å². The lowest BCUT2D eigenvalue weighted by Crippen LogP contribution is -2.51. The summed E-state index contributed by atoms with van der Waals surface area (Å²) >= 11 is 0. The van der Waals surface area contributed by atoms with E-state index in [4.69, 9.17) is 14.2 Å². The summed E-state index contributed by atoms with van der Waals surface area (Å²) < 4.78 is 17.3. The van der Waals surface area contributed by atoms with Gasteiger partial charge in [-0.3, -0.25) is 14.5 Å². The largest absolute Gasteiger partial charge is 0.460 e. The molecule has 0 spiro atoms. The lowest BCUT2D eigenvalue weighted by Gasteiger charge is -2.37. The number of amides is 1. The van der Waals surface area contributed by atoms with E-state index >= 15 is 0 Å². The van der Waals surface area contributed by atoms with Crippen LogP contribution in [0.4, 0.5) is 0 Å². The topological polar surface area (TPSA) is 65.1 Å². The third-order valence-electron chi connectivity index (χ3n) is 5.40. The molecular weight excluding hydrogens is 334 g/mol. The minimum atomic E-state index is -0.784. The third kappa shape index (κ3) is 4.39. The predicted octanol–water partition coefficient (Wildman–Crippen LogP) is 3.19. The normalized spacial score (nSPS) is 31.2. The van der Waals surface area contributed by atoms with Crippen LogP contribution in [0.5, 0.6) is 0 Å². The molecule has 2 heterocycles.